The van der Waals surface area contributed by atoms with Gasteiger partial charge in [0.15, 0.2) is 4.98 Å². The summed E-state index contributed by atoms with van der Waals surface area (Å²) in [7, 11) is 0. The van der Waals surface area contributed by atoms with Crippen molar-refractivity contribution in [3.8, 4) is 0 Å². The molecule has 0 unspecified atom stereocenters. The van der Waals surface area contributed by atoms with E-state index in [1.54, 1.807) is 0 Å². The molecule has 0 amide bonds. The van der Waals surface area contributed by atoms with Crippen LogP contribution in [0.25, 0.3) is 4.98 Å². The van der Waals surface area contributed by atoms with Crippen LogP contribution in [0.4, 0.5) is 14.5 Å². The molecule has 0 heterocycles. The molecule has 0 aliphatic heterocycles. The van der Waals surface area contributed by atoms with Crippen LogP contribution in [0, 0.1) is 17.0 Å². The zero-order valence-corrected chi connectivity index (χ0v) is 4.88. The molecular weight excluding hydrogens is 138 g/mol. The van der Waals surface area contributed by atoms with Crippen molar-refractivity contribution in [1.29, 1.82) is 5.39 Å². The van der Waals surface area contributed by atoms with Crippen LogP contribution in [-0.4, -0.2) is 0 Å². The van der Waals surface area contributed by atoms with E-state index in [4.69, 9.17) is 5.39 Å². The molecule has 10 heavy (non-hydrogen) atoms. The highest BCUT2D eigenvalue weighted by atomic mass is 19.1. The molecule has 0 bridgehead atoms. The van der Waals surface area contributed by atoms with Gasteiger partial charge >= 0.3 is 5.69 Å². The van der Waals surface area contributed by atoms with Gasteiger partial charge in [-0.2, -0.15) is 4.39 Å². The number of nitrogens with zero attached hydrogens (tertiary/aromatic N) is 2. The van der Waals surface area contributed by atoms with Crippen molar-refractivity contribution < 1.29 is 8.78 Å². The monoisotopic (exact) mass is 141 g/mol. The van der Waals surface area contributed by atoms with Gasteiger partial charge in [-0.25, -0.2) is 4.39 Å². The van der Waals surface area contributed by atoms with Gasteiger partial charge in [0, 0.05) is 12.1 Å². The molecule has 2 nitrogen and oxygen atoms in total. The van der Waals surface area contributed by atoms with Crippen molar-refractivity contribution in [2.24, 2.45) is 0 Å². The lowest BCUT2D eigenvalue weighted by Crippen LogP contribution is -1.76. The average molecular weight is 141 g/mol. The maximum atomic E-state index is 12.4. The predicted octanol–water partition coefficient (Wildman–Crippen LogP) is 2.45. The summed E-state index contributed by atoms with van der Waals surface area (Å²) in [6.07, 6.45) is 0. The topological polar surface area (TPSA) is 28.1 Å². The first kappa shape index (κ1) is 6.62. The van der Waals surface area contributed by atoms with Crippen molar-refractivity contribution in [1.82, 2.24) is 0 Å². The number of diazo groups is 1. The molecule has 0 atom stereocenters. The molecule has 50 valence electrons. The van der Waals surface area contributed by atoms with Gasteiger partial charge in [0.25, 0.3) is 0 Å². The van der Waals surface area contributed by atoms with Crippen LogP contribution in [0.2, 0.25) is 0 Å². The van der Waals surface area contributed by atoms with Crippen molar-refractivity contribution >= 4 is 5.69 Å². The lowest BCUT2D eigenvalue weighted by Gasteiger charge is -1.82. The summed E-state index contributed by atoms with van der Waals surface area (Å²) in [5.74, 6) is -1.56. The predicted molar refractivity (Wildman–Crippen MR) is 31.1 cm³/mol. The Balaban J connectivity index is 3.23. The summed E-state index contributed by atoms with van der Waals surface area (Å²) in [6.45, 7) is 0. The third kappa shape index (κ3) is 1.08. The lowest BCUT2D eigenvalue weighted by atomic mass is 10.3. The fourth-order valence-corrected chi connectivity index (χ4v) is 0.562. The zero-order chi connectivity index (χ0) is 7.56. The fraction of sp³-hybridized carbons (Fsp3) is 0. The van der Waals surface area contributed by atoms with Gasteiger partial charge < -0.3 is 0 Å². The summed E-state index contributed by atoms with van der Waals surface area (Å²) in [6, 6.07) is 2.71. The van der Waals surface area contributed by atoms with Gasteiger partial charge in [0.2, 0.25) is 11.2 Å². The molecule has 0 aliphatic carbocycles. The summed E-state index contributed by atoms with van der Waals surface area (Å²) in [4.78, 5) is 2.57. The van der Waals surface area contributed by atoms with E-state index in [0.717, 1.165) is 12.1 Å². The number of halogens is 2. The second kappa shape index (κ2) is 2.40. The molecule has 0 fully saturated rings. The van der Waals surface area contributed by atoms with Gasteiger partial charge in [-0.3, -0.25) is 0 Å². The molecule has 0 saturated heterocycles. The number of rotatable bonds is 0. The first-order valence-corrected chi connectivity index (χ1v) is 2.54. The van der Waals surface area contributed by atoms with E-state index >= 15 is 0 Å². The Morgan fingerprint density at radius 3 is 2.50 bits per heavy atom. The van der Waals surface area contributed by atoms with Gasteiger partial charge in [-0.15, -0.1) is 0 Å². The van der Waals surface area contributed by atoms with Crippen LogP contribution in [0.1, 0.15) is 0 Å². The van der Waals surface area contributed by atoms with Crippen LogP contribution in [0.3, 0.4) is 0 Å². The standard InChI is InChI=1S/C6H3F2N2/c7-4-1-2-6(10-9)5(8)3-4/h1-3H/q+1. The fourth-order valence-electron chi connectivity index (χ4n) is 0.562. The van der Waals surface area contributed by atoms with Gasteiger partial charge in [-0.05, 0) is 6.07 Å². The Morgan fingerprint density at radius 1 is 1.30 bits per heavy atom. The highest BCUT2D eigenvalue weighted by molar-refractivity contribution is 5.44. The summed E-state index contributed by atoms with van der Waals surface area (Å²) >= 11 is 0. The maximum Gasteiger partial charge on any atom is 0.420 e. The van der Waals surface area contributed by atoms with Crippen molar-refractivity contribution in [2.75, 3.05) is 0 Å². The molecule has 0 spiro atoms. The zero-order valence-electron chi connectivity index (χ0n) is 4.88. The molecule has 1 aromatic carbocycles. The molecule has 1 aromatic rings. The van der Waals surface area contributed by atoms with Crippen LogP contribution in [0.15, 0.2) is 18.2 Å². The summed E-state index contributed by atoms with van der Waals surface area (Å²) < 4.78 is 24.5. The van der Waals surface area contributed by atoms with E-state index in [1.807, 2.05) is 0 Å². The average Bonchev–Trinajstić information content (AvgIpc) is 1.88. The molecule has 0 aromatic heterocycles. The minimum absolute atomic E-state index is 0.263. The maximum absolute atomic E-state index is 12.4. The van der Waals surface area contributed by atoms with Crippen molar-refractivity contribution in [3.63, 3.8) is 0 Å². The normalized spacial score (nSPS) is 8.90. The summed E-state index contributed by atoms with van der Waals surface area (Å²) in [5, 5.41) is 8.07. The molecule has 4 heteroatoms. The van der Waals surface area contributed by atoms with Crippen molar-refractivity contribution in [3.05, 3.63) is 34.8 Å². The lowest BCUT2D eigenvalue weighted by molar-refractivity contribution is 0.587. The number of hydrogen-bond acceptors (Lipinski definition) is 1. The quantitative estimate of drug-likeness (QED) is 0.510. The smallest absolute Gasteiger partial charge is 0.207 e. The molecule has 0 saturated carbocycles. The minimum atomic E-state index is -0.873. The highest BCUT2D eigenvalue weighted by Gasteiger charge is 2.12. The second-order valence-electron chi connectivity index (χ2n) is 1.70. The van der Waals surface area contributed by atoms with Crippen LogP contribution < -0.4 is 0 Å². The van der Waals surface area contributed by atoms with Crippen LogP contribution >= 0.6 is 0 Å². The molecule has 0 aliphatic rings. The van der Waals surface area contributed by atoms with E-state index in [-0.39, 0.29) is 5.69 Å². The SMILES string of the molecule is N#[N+]c1ccc(F)cc1F. The Morgan fingerprint density at radius 2 is 2.00 bits per heavy atom. The highest BCUT2D eigenvalue weighted by Crippen LogP contribution is 2.17. The first-order valence-electron chi connectivity index (χ1n) is 2.54. The third-order valence-corrected chi connectivity index (χ3v) is 1.02. The van der Waals surface area contributed by atoms with Crippen LogP contribution in [0.5, 0.6) is 0 Å². The molecule has 1 rings (SSSR count). The summed E-state index contributed by atoms with van der Waals surface area (Å²) in [5.41, 5.74) is -0.263. The Kier molecular flexibility index (Phi) is 1.59. The van der Waals surface area contributed by atoms with Gasteiger partial charge in [-0.1, -0.05) is 0 Å². The van der Waals surface area contributed by atoms with E-state index in [2.05, 4.69) is 4.98 Å². The molecular formula is C6H3F2N2+. The largest absolute Gasteiger partial charge is 0.420 e. The second-order valence-corrected chi connectivity index (χ2v) is 1.70. The van der Waals surface area contributed by atoms with Gasteiger partial charge in [0.05, 0.1) is 0 Å². The van der Waals surface area contributed by atoms with Crippen LogP contribution in [-0.2, 0) is 0 Å². The molecule has 0 N–H and O–H groups in total. The Bertz CT molecular complexity index is 290. The van der Waals surface area contributed by atoms with E-state index in [9.17, 15) is 8.78 Å². The first-order chi connectivity index (χ1) is 4.74. The molecule has 0 radical (unpaired) electrons. The van der Waals surface area contributed by atoms with E-state index in [0.29, 0.717) is 6.07 Å². The minimum Gasteiger partial charge on any atom is -0.207 e. The Hall–Kier alpha value is -1.50. The third-order valence-electron chi connectivity index (χ3n) is 1.02. The van der Waals surface area contributed by atoms with Crippen molar-refractivity contribution in [2.45, 2.75) is 0 Å². The Labute approximate surface area is 55.7 Å². The van der Waals surface area contributed by atoms with E-state index < -0.39 is 11.6 Å². The number of benzene rings is 1. The number of hydrogen-bond donors (Lipinski definition) is 0. The van der Waals surface area contributed by atoms with E-state index in [1.165, 1.54) is 0 Å². The van der Waals surface area contributed by atoms with Gasteiger partial charge in [0.1, 0.15) is 5.82 Å².